The van der Waals surface area contributed by atoms with Gasteiger partial charge in [-0.25, -0.2) is 0 Å². The van der Waals surface area contributed by atoms with Crippen LogP contribution in [0, 0.1) is 0 Å². The van der Waals surface area contributed by atoms with Crippen LogP contribution in [0.3, 0.4) is 0 Å². The van der Waals surface area contributed by atoms with E-state index in [2.05, 4.69) is 14.8 Å². The van der Waals surface area contributed by atoms with E-state index >= 15 is 0 Å². The van der Waals surface area contributed by atoms with Crippen LogP contribution < -0.4 is 10.5 Å². The van der Waals surface area contributed by atoms with E-state index < -0.39 is 0 Å². The van der Waals surface area contributed by atoms with E-state index in [1.807, 2.05) is 12.1 Å². The molecule has 3 rings (SSSR count). The quantitative estimate of drug-likeness (QED) is 0.819. The Kier molecular flexibility index (Phi) is 2.25. The summed E-state index contributed by atoms with van der Waals surface area (Å²) in [5.41, 5.74) is 8.72. The van der Waals surface area contributed by atoms with E-state index in [1.54, 1.807) is 0 Å². The number of rotatable bonds is 1. The zero-order chi connectivity index (χ0) is 11.0. The van der Waals surface area contributed by atoms with Gasteiger partial charge in [-0.05, 0) is 24.5 Å². The highest BCUT2D eigenvalue weighted by molar-refractivity contribution is 6.99. The summed E-state index contributed by atoms with van der Waals surface area (Å²) in [6.07, 6.45) is 2.13. The van der Waals surface area contributed by atoms with Gasteiger partial charge < -0.3 is 10.5 Å². The first-order valence-electron chi connectivity index (χ1n) is 5.19. The predicted molar refractivity (Wildman–Crippen MR) is 63.6 cm³/mol. The Morgan fingerprint density at radius 3 is 3.06 bits per heavy atom. The smallest absolute Gasteiger partial charge is 0.165 e. The Bertz CT molecular complexity index is 524. The van der Waals surface area contributed by atoms with Crippen molar-refractivity contribution in [3.05, 3.63) is 23.8 Å². The van der Waals surface area contributed by atoms with Gasteiger partial charge >= 0.3 is 0 Å². The molecule has 0 amide bonds. The average Bonchev–Trinajstić information content (AvgIpc) is 2.75. The summed E-state index contributed by atoms with van der Waals surface area (Å²) in [5, 5.41) is 0. The third-order valence-corrected chi connectivity index (χ3v) is 3.25. The number of hydrogen-bond acceptors (Lipinski definition) is 5. The number of para-hydroxylation sites is 1. The molecule has 0 atom stereocenters. The summed E-state index contributed by atoms with van der Waals surface area (Å²) in [7, 11) is 0. The maximum Gasteiger partial charge on any atom is 0.165 e. The fourth-order valence-corrected chi connectivity index (χ4v) is 2.45. The molecule has 2 aromatic rings. The van der Waals surface area contributed by atoms with Crippen LogP contribution in [0.1, 0.15) is 12.0 Å². The molecule has 0 saturated heterocycles. The van der Waals surface area contributed by atoms with Crippen LogP contribution in [0.5, 0.6) is 5.75 Å². The molecule has 4 nitrogen and oxygen atoms in total. The number of aromatic nitrogens is 2. The number of nitrogens with zero attached hydrogens (tertiary/aromatic N) is 2. The summed E-state index contributed by atoms with van der Waals surface area (Å²) >= 11 is 1.13. The summed E-state index contributed by atoms with van der Waals surface area (Å²) in [5.74, 6) is 1.40. The number of benzene rings is 1. The Morgan fingerprint density at radius 2 is 2.25 bits per heavy atom. The lowest BCUT2D eigenvalue weighted by molar-refractivity contribution is 0.289. The monoisotopic (exact) mass is 233 g/mol. The minimum absolute atomic E-state index is 0.479. The van der Waals surface area contributed by atoms with Crippen LogP contribution in [0.2, 0.25) is 0 Å². The van der Waals surface area contributed by atoms with Crippen molar-refractivity contribution in [3.63, 3.8) is 0 Å². The van der Waals surface area contributed by atoms with Gasteiger partial charge in [0.15, 0.2) is 5.82 Å². The zero-order valence-corrected chi connectivity index (χ0v) is 9.46. The van der Waals surface area contributed by atoms with Crippen LogP contribution in [0.25, 0.3) is 11.3 Å². The summed E-state index contributed by atoms with van der Waals surface area (Å²) in [4.78, 5) is 0. The lowest BCUT2D eigenvalue weighted by atomic mass is 10.0. The van der Waals surface area contributed by atoms with Gasteiger partial charge in [-0.2, -0.15) is 8.75 Å². The highest BCUT2D eigenvalue weighted by Crippen LogP contribution is 2.37. The average molecular weight is 233 g/mol. The maximum atomic E-state index is 5.79. The molecule has 0 fully saturated rings. The second-order valence-electron chi connectivity index (χ2n) is 3.74. The summed E-state index contributed by atoms with van der Waals surface area (Å²) in [6.45, 7) is 0.765. The Hall–Kier alpha value is -1.62. The van der Waals surface area contributed by atoms with E-state index in [0.29, 0.717) is 5.82 Å². The first kappa shape index (κ1) is 9.59. The molecule has 0 spiro atoms. The van der Waals surface area contributed by atoms with Crippen molar-refractivity contribution in [2.75, 3.05) is 12.3 Å². The molecule has 2 heterocycles. The van der Waals surface area contributed by atoms with E-state index in [1.165, 1.54) is 5.56 Å². The van der Waals surface area contributed by atoms with Gasteiger partial charge in [-0.1, -0.05) is 12.1 Å². The predicted octanol–water partition coefficient (Wildman–Crippen LogP) is 2.11. The first-order chi connectivity index (χ1) is 7.86. The number of aryl methyl sites for hydroxylation is 1. The molecular formula is C11H11N3OS. The van der Waals surface area contributed by atoms with Crippen molar-refractivity contribution in [2.24, 2.45) is 0 Å². The van der Waals surface area contributed by atoms with Crippen LogP contribution in [0.15, 0.2) is 18.2 Å². The van der Waals surface area contributed by atoms with E-state index in [0.717, 1.165) is 48.2 Å². The van der Waals surface area contributed by atoms with E-state index in [-0.39, 0.29) is 0 Å². The number of nitrogens with two attached hydrogens (primary N) is 1. The van der Waals surface area contributed by atoms with Gasteiger partial charge in [0, 0.05) is 5.56 Å². The standard InChI is InChI=1S/C11H11N3OS/c12-11-9(13-16-14-11)8-5-1-3-7-4-2-6-15-10(7)8/h1,3,5H,2,4,6H2,(H2,12,14). The van der Waals surface area contributed by atoms with Crippen molar-refractivity contribution in [1.82, 2.24) is 8.75 Å². The van der Waals surface area contributed by atoms with Gasteiger partial charge in [0.05, 0.1) is 18.3 Å². The zero-order valence-electron chi connectivity index (χ0n) is 8.64. The Morgan fingerprint density at radius 1 is 1.31 bits per heavy atom. The second kappa shape index (κ2) is 3.75. The van der Waals surface area contributed by atoms with Crippen molar-refractivity contribution in [3.8, 4) is 17.0 Å². The largest absolute Gasteiger partial charge is 0.493 e. The molecule has 0 bridgehead atoms. The number of hydrogen-bond donors (Lipinski definition) is 1. The van der Waals surface area contributed by atoms with Crippen molar-refractivity contribution in [2.45, 2.75) is 12.8 Å². The van der Waals surface area contributed by atoms with Crippen LogP contribution in [0.4, 0.5) is 5.82 Å². The minimum Gasteiger partial charge on any atom is -0.493 e. The lowest BCUT2D eigenvalue weighted by Gasteiger charge is -2.19. The highest BCUT2D eigenvalue weighted by Gasteiger charge is 2.18. The Balaban J connectivity index is 2.18. The second-order valence-corrected chi connectivity index (χ2v) is 4.27. The molecule has 1 aliphatic heterocycles. The number of nitrogen functional groups attached to an aromatic ring is 1. The Labute approximate surface area is 97.4 Å². The van der Waals surface area contributed by atoms with Gasteiger partial charge in [-0.3, -0.25) is 0 Å². The van der Waals surface area contributed by atoms with Crippen molar-refractivity contribution < 1.29 is 4.74 Å². The van der Waals surface area contributed by atoms with Crippen LogP contribution in [-0.4, -0.2) is 15.4 Å². The van der Waals surface area contributed by atoms with Gasteiger partial charge in [-0.15, -0.1) is 0 Å². The molecule has 82 valence electrons. The van der Waals surface area contributed by atoms with Gasteiger partial charge in [0.1, 0.15) is 11.4 Å². The van der Waals surface area contributed by atoms with E-state index in [4.69, 9.17) is 10.5 Å². The van der Waals surface area contributed by atoms with Crippen molar-refractivity contribution in [1.29, 1.82) is 0 Å². The SMILES string of the molecule is Nc1nsnc1-c1cccc2c1OCCC2. The first-order valence-corrected chi connectivity index (χ1v) is 5.92. The minimum atomic E-state index is 0.479. The fourth-order valence-electron chi connectivity index (χ4n) is 1.96. The molecule has 1 aliphatic rings. The molecule has 0 unspecified atom stereocenters. The molecule has 1 aromatic heterocycles. The van der Waals surface area contributed by atoms with Gasteiger partial charge in [0.2, 0.25) is 0 Å². The normalized spacial score (nSPS) is 14.2. The van der Waals surface area contributed by atoms with Crippen LogP contribution >= 0.6 is 11.7 Å². The molecule has 0 radical (unpaired) electrons. The molecule has 0 saturated carbocycles. The van der Waals surface area contributed by atoms with E-state index in [9.17, 15) is 0 Å². The van der Waals surface area contributed by atoms with Crippen LogP contribution in [-0.2, 0) is 6.42 Å². The molecule has 5 heteroatoms. The third kappa shape index (κ3) is 1.44. The van der Waals surface area contributed by atoms with Gasteiger partial charge in [0.25, 0.3) is 0 Å². The maximum absolute atomic E-state index is 5.79. The topological polar surface area (TPSA) is 61.0 Å². The molecule has 1 aromatic carbocycles. The summed E-state index contributed by atoms with van der Waals surface area (Å²) < 4.78 is 13.9. The number of ether oxygens (including phenoxy) is 1. The molecule has 16 heavy (non-hydrogen) atoms. The van der Waals surface area contributed by atoms with Crippen molar-refractivity contribution >= 4 is 17.5 Å². The fraction of sp³-hybridized carbons (Fsp3) is 0.273. The summed E-state index contributed by atoms with van der Waals surface area (Å²) in [6, 6.07) is 6.09. The molecule has 0 aliphatic carbocycles. The lowest BCUT2D eigenvalue weighted by Crippen LogP contribution is -2.09. The molecular weight excluding hydrogens is 222 g/mol. The number of fused-ring (bicyclic) bond motifs is 1. The molecule has 2 N–H and O–H groups in total. The third-order valence-electron chi connectivity index (χ3n) is 2.70. The highest BCUT2D eigenvalue weighted by atomic mass is 32.1. The number of anilines is 1.